The van der Waals surface area contributed by atoms with Crippen LogP contribution in [0.2, 0.25) is 0 Å². The van der Waals surface area contributed by atoms with Crippen molar-refractivity contribution in [3.63, 3.8) is 0 Å². The highest BCUT2D eigenvalue weighted by Crippen LogP contribution is 2.24. The van der Waals surface area contributed by atoms with E-state index in [4.69, 9.17) is 0 Å². The van der Waals surface area contributed by atoms with Gasteiger partial charge in [0.05, 0.1) is 5.69 Å². The van der Waals surface area contributed by atoms with Crippen LogP contribution in [0.1, 0.15) is 50.1 Å². The van der Waals surface area contributed by atoms with Gasteiger partial charge in [0.2, 0.25) is 0 Å². The Balaban J connectivity index is 1.86. The van der Waals surface area contributed by atoms with E-state index in [2.05, 4.69) is 29.6 Å². The standard InChI is InChI=1S/C16H28N4O/c1-10-7-6-8-15(10)18-16(21)17-11(2)9-14-12(3)19-20(5)13(14)4/h10-11,15H,6-9H2,1-5H3,(H2,17,18,21)/t10-,11-,15+/m0/s1. The Morgan fingerprint density at radius 2 is 2.14 bits per heavy atom. The molecule has 1 aliphatic carbocycles. The first-order chi connectivity index (χ1) is 9.88. The Bertz CT molecular complexity index is 509. The van der Waals surface area contributed by atoms with E-state index in [-0.39, 0.29) is 12.1 Å². The molecule has 5 nitrogen and oxygen atoms in total. The summed E-state index contributed by atoms with van der Waals surface area (Å²) in [7, 11) is 1.96. The number of hydrogen-bond acceptors (Lipinski definition) is 2. The van der Waals surface area contributed by atoms with Crippen LogP contribution in [-0.4, -0.2) is 27.9 Å². The first-order valence-corrected chi connectivity index (χ1v) is 7.94. The molecule has 2 rings (SSSR count). The maximum absolute atomic E-state index is 12.1. The Morgan fingerprint density at radius 3 is 2.67 bits per heavy atom. The van der Waals surface area contributed by atoms with Gasteiger partial charge < -0.3 is 10.6 Å². The summed E-state index contributed by atoms with van der Waals surface area (Å²) in [5.74, 6) is 0.592. The van der Waals surface area contributed by atoms with Crippen molar-refractivity contribution >= 4 is 6.03 Å². The molecular formula is C16H28N4O. The molecule has 118 valence electrons. The van der Waals surface area contributed by atoms with Crippen LogP contribution < -0.4 is 10.6 Å². The molecule has 0 radical (unpaired) electrons. The van der Waals surface area contributed by atoms with E-state index in [1.807, 2.05) is 25.6 Å². The zero-order valence-electron chi connectivity index (χ0n) is 13.9. The number of amides is 2. The number of carbonyl (C=O) groups excluding carboxylic acids is 1. The van der Waals surface area contributed by atoms with Crippen molar-refractivity contribution in [2.75, 3.05) is 0 Å². The molecule has 2 N–H and O–H groups in total. The van der Waals surface area contributed by atoms with E-state index < -0.39 is 0 Å². The molecule has 0 unspecified atom stereocenters. The highest BCUT2D eigenvalue weighted by Gasteiger charge is 2.25. The van der Waals surface area contributed by atoms with Crippen LogP contribution in [0.5, 0.6) is 0 Å². The molecule has 1 aliphatic rings. The quantitative estimate of drug-likeness (QED) is 0.895. The van der Waals surface area contributed by atoms with Crippen molar-refractivity contribution in [2.45, 2.75) is 65.5 Å². The van der Waals surface area contributed by atoms with Crippen LogP contribution >= 0.6 is 0 Å². The highest BCUT2D eigenvalue weighted by atomic mass is 16.2. The van der Waals surface area contributed by atoms with Crippen LogP contribution in [0.25, 0.3) is 0 Å². The Hall–Kier alpha value is -1.52. The Labute approximate surface area is 127 Å². The van der Waals surface area contributed by atoms with Crippen molar-refractivity contribution < 1.29 is 4.79 Å². The van der Waals surface area contributed by atoms with Gasteiger partial charge in [-0.15, -0.1) is 0 Å². The van der Waals surface area contributed by atoms with Gasteiger partial charge in [-0.25, -0.2) is 4.79 Å². The number of carbonyl (C=O) groups is 1. The van der Waals surface area contributed by atoms with Crippen LogP contribution in [0, 0.1) is 19.8 Å². The minimum atomic E-state index is -0.0413. The first kappa shape index (κ1) is 15.9. The number of nitrogens with zero attached hydrogens (tertiary/aromatic N) is 2. The Kier molecular flexibility index (Phi) is 4.91. The normalized spacial score (nSPS) is 23.1. The molecule has 1 aromatic heterocycles. The predicted octanol–water partition coefficient (Wildman–Crippen LogP) is 2.46. The van der Waals surface area contributed by atoms with E-state index in [0.29, 0.717) is 12.0 Å². The number of nitrogens with one attached hydrogen (secondary N) is 2. The van der Waals surface area contributed by atoms with E-state index in [0.717, 1.165) is 18.5 Å². The van der Waals surface area contributed by atoms with Gasteiger partial charge in [0.25, 0.3) is 0 Å². The molecule has 2 amide bonds. The summed E-state index contributed by atoms with van der Waals surface area (Å²) < 4.78 is 1.90. The van der Waals surface area contributed by atoms with Crippen molar-refractivity contribution in [1.82, 2.24) is 20.4 Å². The average Bonchev–Trinajstić information content (AvgIpc) is 2.89. The number of aryl methyl sites for hydroxylation is 2. The van der Waals surface area contributed by atoms with Gasteiger partial charge in [-0.1, -0.05) is 13.3 Å². The lowest BCUT2D eigenvalue weighted by Gasteiger charge is -2.20. The largest absolute Gasteiger partial charge is 0.335 e. The summed E-state index contributed by atoms with van der Waals surface area (Å²) in [5.41, 5.74) is 3.46. The van der Waals surface area contributed by atoms with Crippen LogP contribution in [0.15, 0.2) is 0 Å². The molecule has 21 heavy (non-hydrogen) atoms. The molecule has 0 aliphatic heterocycles. The van der Waals surface area contributed by atoms with Crippen LogP contribution in [-0.2, 0) is 13.5 Å². The number of aromatic nitrogens is 2. The lowest BCUT2D eigenvalue weighted by Crippen LogP contribution is -2.46. The third kappa shape index (κ3) is 3.77. The van der Waals surface area contributed by atoms with Gasteiger partial charge in [-0.05, 0) is 51.5 Å². The van der Waals surface area contributed by atoms with Crippen LogP contribution in [0.3, 0.4) is 0 Å². The molecule has 3 atom stereocenters. The number of hydrogen-bond donors (Lipinski definition) is 2. The summed E-state index contributed by atoms with van der Waals surface area (Å²) in [6.07, 6.45) is 4.35. The molecular weight excluding hydrogens is 264 g/mol. The minimum absolute atomic E-state index is 0.0413. The minimum Gasteiger partial charge on any atom is -0.335 e. The van der Waals surface area contributed by atoms with Gasteiger partial charge in [0.1, 0.15) is 0 Å². The van der Waals surface area contributed by atoms with E-state index in [1.165, 1.54) is 24.1 Å². The monoisotopic (exact) mass is 292 g/mol. The van der Waals surface area contributed by atoms with Gasteiger partial charge in [-0.3, -0.25) is 4.68 Å². The zero-order chi connectivity index (χ0) is 15.6. The summed E-state index contributed by atoms with van der Waals surface area (Å²) in [5, 5.41) is 10.6. The second-order valence-electron chi connectivity index (χ2n) is 6.51. The molecule has 1 aromatic rings. The molecule has 0 aromatic carbocycles. The second kappa shape index (κ2) is 6.50. The summed E-state index contributed by atoms with van der Waals surface area (Å²) in [6.45, 7) is 8.35. The fraction of sp³-hybridized carbons (Fsp3) is 0.750. The second-order valence-corrected chi connectivity index (χ2v) is 6.51. The van der Waals surface area contributed by atoms with Gasteiger partial charge in [-0.2, -0.15) is 5.10 Å². The third-order valence-corrected chi connectivity index (χ3v) is 4.72. The SMILES string of the molecule is Cc1nn(C)c(C)c1C[C@H](C)NC(=O)N[C@@H]1CCC[C@@H]1C. The molecule has 0 saturated heterocycles. The van der Waals surface area contributed by atoms with Crippen molar-refractivity contribution in [2.24, 2.45) is 13.0 Å². The first-order valence-electron chi connectivity index (χ1n) is 7.94. The smallest absolute Gasteiger partial charge is 0.315 e. The fourth-order valence-electron chi connectivity index (χ4n) is 3.26. The summed E-state index contributed by atoms with van der Waals surface area (Å²) in [6, 6.07) is 0.391. The molecule has 1 saturated carbocycles. The van der Waals surface area contributed by atoms with E-state index >= 15 is 0 Å². The molecule has 0 spiro atoms. The predicted molar refractivity (Wildman–Crippen MR) is 84.3 cm³/mol. The number of rotatable bonds is 4. The molecule has 1 heterocycles. The summed E-state index contributed by atoms with van der Waals surface area (Å²) in [4.78, 5) is 12.1. The maximum atomic E-state index is 12.1. The molecule has 5 heteroatoms. The number of urea groups is 1. The zero-order valence-corrected chi connectivity index (χ0v) is 13.9. The maximum Gasteiger partial charge on any atom is 0.315 e. The lowest BCUT2D eigenvalue weighted by atomic mass is 10.1. The molecule has 0 bridgehead atoms. The van der Waals surface area contributed by atoms with E-state index in [1.54, 1.807) is 0 Å². The van der Waals surface area contributed by atoms with Gasteiger partial charge >= 0.3 is 6.03 Å². The van der Waals surface area contributed by atoms with Crippen LogP contribution in [0.4, 0.5) is 4.79 Å². The van der Waals surface area contributed by atoms with Crippen molar-refractivity contribution in [3.8, 4) is 0 Å². The van der Waals surface area contributed by atoms with Gasteiger partial charge in [0.15, 0.2) is 0 Å². The van der Waals surface area contributed by atoms with Crippen molar-refractivity contribution in [3.05, 3.63) is 17.0 Å². The summed E-state index contributed by atoms with van der Waals surface area (Å²) >= 11 is 0. The van der Waals surface area contributed by atoms with Gasteiger partial charge in [0, 0.05) is 24.8 Å². The average molecular weight is 292 g/mol. The lowest BCUT2D eigenvalue weighted by molar-refractivity contribution is 0.231. The molecule has 1 fully saturated rings. The fourth-order valence-corrected chi connectivity index (χ4v) is 3.26. The topological polar surface area (TPSA) is 59.0 Å². The Morgan fingerprint density at radius 1 is 1.43 bits per heavy atom. The third-order valence-electron chi connectivity index (χ3n) is 4.72. The van der Waals surface area contributed by atoms with Crippen molar-refractivity contribution in [1.29, 1.82) is 0 Å². The van der Waals surface area contributed by atoms with E-state index in [9.17, 15) is 4.79 Å². The highest BCUT2D eigenvalue weighted by molar-refractivity contribution is 5.74.